The summed E-state index contributed by atoms with van der Waals surface area (Å²) in [4.78, 5) is 13.7. The molecule has 2 saturated carbocycles. The number of halogens is 1. The van der Waals surface area contributed by atoms with Gasteiger partial charge < -0.3 is 19.7 Å². The number of aryl methyl sites for hydroxylation is 1. The molecule has 3 aliphatic heterocycles. The molecule has 2 saturated heterocycles. The zero-order valence-corrected chi connectivity index (χ0v) is 16.9. The second kappa shape index (κ2) is 5.62. The minimum atomic E-state index is -1.14. The Bertz CT molecular complexity index is 1330. The monoisotopic (exact) mass is 420 g/mol. The number of phenols is 1. The first kappa shape index (κ1) is 17.7. The molecule has 5 atom stereocenters. The third kappa shape index (κ3) is 2.23. The van der Waals surface area contributed by atoms with E-state index in [0.29, 0.717) is 22.9 Å². The van der Waals surface area contributed by atoms with Crippen molar-refractivity contribution in [1.82, 2.24) is 15.5 Å². The highest BCUT2D eigenvalue weighted by Gasteiger charge is 2.77. The molecule has 8 heteroatoms. The van der Waals surface area contributed by atoms with Gasteiger partial charge in [-0.25, -0.2) is 9.18 Å². The summed E-state index contributed by atoms with van der Waals surface area (Å²) < 4.78 is 20.8. The molecule has 5 aliphatic rings. The van der Waals surface area contributed by atoms with E-state index < -0.39 is 11.3 Å². The van der Waals surface area contributed by atoms with Crippen LogP contribution in [0.3, 0.4) is 0 Å². The molecule has 7 nitrogen and oxygen atoms in total. The van der Waals surface area contributed by atoms with Crippen LogP contribution in [-0.2, 0) is 6.42 Å². The summed E-state index contributed by atoms with van der Waals surface area (Å²) >= 11 is 0. The van der Waals surface area contributed by atoms with Gasteiger partial charge in [-0.05, 0) is 43.9 Å². The number of hydrogen-bond donors (Lipinski definition) is 2. The van der Waals surface area contributed by atoms with E-state index in [1.54, 1.807) is 6.07 Å². The Morgan fingerprint density at radius 1 is 1.26 bits per heavy atom. The van der Waals surface area contributed by atoms with Crippen molar-refractivity contribution in [2.75, 3.05) is 11.4 Å². The maximum atomic E-state index is 15.6. The first-order chi connectivity index (χ1) is 14.9. The molecule has 158 valence electrons. The fraction of sp³-hybridized carbons (Fsp3) is 0.435. The molecule has 0 radical (unpaired) electrons. The second-order valence-corrected chi connectivity index (χ2v) is 9.40. The number of nitrogens with zero attached hydrogens (tertiary/aromatic N) is 3. The van der Waals surface area contributed by atoms with Gasteiger partial charge >= 0.3 is 5.63 Å². The van der Waals surface area contributed by atoms with Crippen LogP contribution in [0.2, 0.25) is 0 Å². The van der Waals surface area contributed by atoms with E-state index in [9.17, 15) is 9.90 Å². The highest BCUT2D eigenvalue weighted by Crippen LogP contribution is 2.63. The number of rotatable bonds is 2. The number of anilines is 1. The molecule has 1 aromatic carbocycles. The van der Waals surface area contributed by atoms with Crippen LogP contribution in [0.5, 0.6) is 5.75 Å². The lowest BCUT2D eigenvalue weighted by Crippen LogP contribution is -2.56. The van der Waals surface area contributed by atoms with Crippen molar-refractivity contribution in [3.8, 4) is 17.0 Å². The van der Waals surface area contributed by atoms with E-state index in [4.69, 9.17) is 4.42 Å². The molecule has 2 aromatic heterocycles. The number of aromatic nitrogens is 2. The largest absolute Gasteiger partial charge is 0.507 e. The number of aromatic hydroxyl groups is 1. The van der Waals surface area contributed by atoms with Crippen molar-refractivity contribution in [2.45, 2.75) is 50.0 Å². The first-order valence-electron chi connectivity index (χ1n) is 10.8. The summed E-state index contributed by atoms with van der Waals surface area (Å²) in [5.41, 5.74) is 1.62. The average Bonchev–Trinajstić information content (AvgIpc) is 3.08. The lowest BCUT2D eigenvalue weighted by molar-refractivity contribution is 0.133. The van der Waals surface area contributed by atoms with Gasteiger partial charge in [0.05, 0.1) is 11.7 Å². The normalized spacial score (nSPS) is 32.5. The molecule has 4 bridgehead atoms. The van der Waals surface area contributed by atoms with Gasteiger partial charge in [-0.15, -0.1) is 10.2 Å². The zero-order valence-electron chi connectivity index (χ0n) is 16.9. The minimum Gasteiger partial charge on any atom is -0.507 e. The third-order valence-corrected chi connectivity index (χ3v) is 7.77. The van der Waals surface area contributed by atoms with Crippen LogP contribution >= 0.6 is 0 Å². The predicted molar refractivity (Wildman–Crippen MR) is 112 cm³/mol. The van der Waals surface area contributed by atoms with Crippen LogP contribution in [0.1, 0.15) is 24.0 Å². The summed E-state index contributed by atoms with van der Waals surface area (Å²) in [6.45, 7) is 2.57. The average molecular weight is 420 g/mol. The molecule has 2 aliphatic carbocycles. The molecule has 8 rings (SSSR count). The Hall–Kier alpha value is -3.00. The van der Waals surface area contributed by atoms with E-state index in [1.807, 2.05) is 13.0 Å². The Balaban J connectivity index is 1.27. The summed E-state index contributed by atoms with van der Waals surface area (Å²) in [7, 11) is 0. The van der Waals surface area contributed by atoms with Crippen LogP contribution < -0.4 is 15.8 Å². The van der Waals surface area contributed by atoms with Crippen LogP contribution in [0.25, 0.3) is 22.2 Å². The summed E-state index contributed by atoms with van der Waals surface area (Å²) in [6, 6.07) is 6.87. The number of hydrogen-bond acceptors (Lipinski definition) is 7. The minimum absolute atomic E-state index is 0.00497. The molecule has 0 amide bonds. The van der Waals surface area contributed by atoms with E-state index in [1.165, 1.54) is 12.1 Å². The Kier molecular flexibility index (Phi) is 3.20. The highest BCUT2D eigenvalue weighted by molar-refractivity contribution is 5.88. The third-order valence-electron chi connectivity index (χ3n) is 7.77. The fourth-order valence-corrected chi connectivity index (χ4v) is 6.26. The van der Waals surface area contributed by atoms with Crippen molar-refractivity contribution in [3.63, 3.8) is 0 Å². The summed E-state index contributed by atoms with van der Waals surface area (Å²) in [5.74, 6) is 0.887. The summed E-state index contributed by atoms with van der Waals surface area (Å²) in [5, 5.41) is 23.6. The smallest absolute Gasteiger partial charge is 0.336 e. The van der Waals surface area contributed by atoms with Gasteiger partial charge in [0.2, 0.25) is 0 Å². The lowest BCUT2D eigenvalue weighted by atomic mass is 9.87. The highest BCUT2D eigenvalue weighted by atomic mass is 19.1. The van der Waals surface area contributed by atoms with Gasteiger partial charge in [0.15, 0.2) is 11.5 Å². The maximum absolute atomic E-state index is 15.6. The number of nitrogens with one attached hydrogen (secondary N) is 1. The lowest BCUT2D eigenvalue weighted by Gasteiger charge is -2.41. The molecule has 5 heterocycles. The van der Waals surface area contributed by atoms with Gasteiger partial charge in [-0.2, -0.15) is 0 Å². The van der Waals surface area contributed by atoms with Crippen LogP contribution in [0.15, 0.2) is 33.5 Å². The fourth-order valence-electron chi connectivity index (χ4n) is 6.26. The van der Waals surface area contributed by atoms with Crippen molar-refractivity contribution in [1.29, 1.82) is 0 Å². The predicted octanol–water partition coefficient (Wildman–Crippen LogP) is 2.47. The Morgan fingerprint density at radius 3 is 2.94 bits per heavy atom. The quantitative estimate of drug-likeness (QED) is 0.616. The molecule has 3 aromatic rings. The molecule has 4 fully saturated rings. The second-order valence-electron chi connectivity index (χ2n) is 9.40. The molecular weight excluding hydrogens is 399 g/mol. The number of benzene rings is 1. The standard InChI is InChI=1S/C23H21FN4O3/c1-10-4-20(30)31-18-9-17(29)14(8-13(10)18)16-5-11-2-3-28(22(11)27-26-16)19-7-12-6-15-21(25-12)23(15,19)24/h4-5,8-9,12,15,19,21,25,29H,2-3,6-7H2,1H3/t12?,15-,19?,21?,23-/m0/s1. The van der Waals surface area contributed by atoms with Gasteiger partial charge in [-0.1, -0.05) is 0 Å². The van der Waals surface area contributed by atoms with Crippen LogP contribution in [-0.4, -0.2) is 45.6 Å². The van der Waals surface area contributed by atoms with E-state index in [0.717, 1.165) is 48.1 Å². The zero-order chi connectivity index (χ0) is 21.1. The van der Waals surface area contributed by atoms with Crippen molar-refractivity contribution < 1.29 is 13.9 Å². The molecular formula is C23H21FN4O3. The number of phenolic OH excluding ortho intramolecular Hbond substituents is 1. The van der Waals surface area contributed by atoms with E-state index >= 15 is 4.39 Å². The van der Waals surface area contributed by atoms with Crippen molar-refractivity contribution in [3.05, 3.63) is 45.8 Å². The van der Waals surface area contributed by atoms with Crippen LogP contribution in [0, 0.1) is 12.8 Å². The number of fused-ring (bicyclic) bond motifs is 3. The Morgan fingerprint density at radius 2 is 2.13 bits per heavy atom. The van der Waals surface area contributed by atoms with E-state index in [-0.39, 0.29) is 23.8 Å². The molecule has 31 heavy (non-hydrogen) atoms. The molecule has 2 N–H and O–H groups in total. The van der Waals surface area contributed by atoms with Crippen LogP contribution in [0.4, 0.5) is 10.2 Å². The van der Waals surface area contributed by atoms with E-state index in [2.05, 4.69) is 20.4 Å². The SMILES string of the molecule is Cc1cc(=O)oc2cc(O)c(-c3cc4c(nn3)N(C3CC5C[C@H]6C(N5)[C@@]36F)CC4)cc12. The van der Waals surface area contributed by atoms with Crippen molar-refractivity contribution >= 4 is 16.8 Å². The topological polar surface area (TPSA) is 91.5 Å². The maximum Gasteiger partial charge on any atom is 0.336 e. The first-order valence-corrected chi connectivity index (χ1v) is 10.8. The Labute approximate surface area is 176 Å². The molecule has 0 spiro atoms. The van der Waals surface area contributed by atoms with Gasteiger partial charge in [-0.3, -0.25) is 0 Å². The number of alkyl halides is 1. The van der Waals surface area contributed by atoms with Gasteiger partial charge in [0.1, 0.15) is 11.3 Å². The number of piperidine rings is 2. The van der Waals surface area contributed by atoms with Crippen molar-refractivity contribution in [2.24, 2.45) is 5.92 Å². The molecule has 3 unspecified atom stereocenters. The summed E-state index contributed by atoms with van der Waals surface area (Å²) in [6.07, 6.45) is 2.53. The van der Waals surface area contributed by atoms with Gasteiger partial charge in [0, 0.05) is 53.2 Å². The van der Waals surface area contributed by atoms with Gasteiger partial charge in [0.25, 0.3) is 0 Å².